The molecule has 1 aromatic carbocycles. The van der Waals surface area contributed by atoms with E-state index >= 15 is 0 Å². The first kappa shape index (κ1) is 14.6. The highest BCUT2D eigenvalue weighted by Gasteiger charge is 2.20. The SMILES string of the molecule is Cc1nc2c(n1CC(=O)c1ccc(Cl)c(Cl)c1)CCCC2. The van der Waals surface area contributed by atoms with Crippen molar-refractivity contribution in [3.05, 3.63) is 51.0 Å². The average molecular weight is 323 g/mol. The van der Waals surface area contributed by atoms with Gasteiger partial charge in [-0.25, -0.2) is 4.98 Å². The number of benzene rings is 1. The van der Waals surface area contributed by atoms with E-state index in [0.717, 1.165) is 24.4 Å². The highest BCUT2D eigenvalue weighted by Crippen LogP contribution is 2.25. The number of imidazole rings is 1. The minimum absolute atomic E-state index is 0.0300. The molecule has 0 fully saturated rings. The van der Waals surface area contributed by atoms with Crippen molar-refractivity contribution in [2.75, 3.05) is 0 Å². The average Bonchev–Trinajstić information content (AvgIpc) is 2.78. The van der Waals surface area contributed by atoms with Crippen LogP contribution < -0.4 is 0 Å². The van der Waals surface area contributed by atoms with Gasteiger partial charge in [-0.3, -0.25) is 4.79 Å². The van der Waals surface area contributed by atoms with Gasteiger partial charge < -0.3 is 4.57 Å². The van der Waals surface area contributed by atoms with Crippen LogP contribution in [0.4, 0.5) is 0 Å². The van der Waals surface area contributed by atoms with E-state index in [9.17, 15) is 4.79 Å². The fraction of sp³-hybridized carbons (Fsp3) is 0.375. The Kier molecular flexibility index (Phi) is 4.05. The third kappa shape index (κ3) is 2.85. The molecule has 2 aromatic rings. The maximum absolute atomic E-state index is 12.5. The zero-order valence-corrected chi connectivity index (χ0v) is 13.3. The molecule has 0 unspecified atom stereocenters. The van der Waals surface area contributed by atoms with Crippen LogP contribution in [0.1, 0.15) is 40.4 Å². The van der Waals surface area contributed by atoms with Crippen LogP contribution in [0.15, 0.2) is 18.2 Å². The summed E-state index contributed by atoms with van der Waals surface area (Å²) in [6, 6.07) is 5.01. The topological polar surface area (TPSA) is 34.9 Å². The number of fused-ring (bicyclic) bond motifs is 1. The van der Waals surface area contributed by atoms with Crippen molar-refractivity contribution in [3.63, 3.8) is 0 Å². The van der Waals surface area contributed by atoms with Gasteiger partial charge >= 0.3 is 0 Å². The molecular weight excluding hydrogens is 307 g/mol. The van der Waals surface area contributed by atoms with Crippen LogP contribution in [-0.2, 0) is 19.4 Å². The number of carbonyl (C=O) groups is 1. The Morgan fingerprint density at radius 2 is 2.00 bits per heavy atom. The molecule has 1 aliphatic rings. The molecule has 0 saturated heterocycles. The number of carbonyl (C=O) groups excluding carboxylic acids is 1. The first-order chi connectivity index (χ1) is 10.1. The first-order valence-corrected chi connectivity index (χ1v) is 7.85. The molecule has 110 valence electrons. The van der Waals surface area contributed by atoms with Crippen LogP contribution in [0.2, 0.25) is 10.0 Å². The van der Waals surface area contributed by atoms with Crippen molar-refractivity contribution in [2.24, 2.45) is 0 Å². The van der Waals surface area contributed by atoms with E-state index < -0.39 is 0 Å². The Bertz CT molecular complexity index is 707. The maximum atomic E-state index is 12.5. The number of aromatic nitrogens is 2. The van der Waals surface area contributed by atoms with Crippen molar-refractivity contribution in [2.45, 2.75) is 39.2 Å². The highest BCUT2D eigenvalue weighted by molar-refractivity contribution is 6.42. The minimum atomic E-state index is 0.0300. The maximum Gasteiger partial charge on any atom is 0.182 e. The van der Waals surface area contributed by atoms with E-state index in [0.29, 0.717) is 22.2 Å². The summed E-state index contributed by atoms with van der Waals surface area (Å²) in [7, 11) is 0. The number of hydrogen-bond donors (Lipinski definition) is 0. The molecule has 21 heavy (non-hydrogen) atoms. The third-order valence-electron chi connectivity index (χ3n) is 3.97. The van der Waals surface area contributed by atoms with Crippen molar-refractivity contribution in [3.8, 4) is 0 Å². The van der Waals surface area contributed by atoms with Gasteiger partial charge in [0.1, 0.15) is 5.82 Å². The summed E-state index contributed by atoms with van der Waals surface area (Å²) in [6.45, 7) is 2.27. The predicted molar refractivity (Wildman–Crippen MR) is 84.4 cm³/mol. The van der Waals surface area contributed by atoms with Gasteiger partial charge in [0.25, 0.3) is 0 Å². The van der Waals surface area contributed by atoms with Crippen LogP contribution in [0.3, 0.4) is 0 Å². The Morgan fingerprint density at radius 3 is 2.76 bits per heavy atom. The van der Waals surface area contributed by atoms with Crippen LogP contribution in [-0.4, -0.2) is 15.3 Å². The van der Waals surface area contributed by atoms with E-state index in [-0.39, 0.29) is 5.78 Å². The van der Waals surface area contributed by atoms with E-state index in [1.807, 2.05) is 11.5 Å². The van der Waals surface area contributed by atoms with E-state index in [1.165, 1.54) is 18.5 Å². The standard InChI is InChI=1S/C16H16Cl2N2O/c1-10-19-14-4-2-3-5-15(14)20(10)9-16(21)11-6-7-12(17)13(18)8-11/h6-8H,2-5,9H2,1H3. The summed E-state index contributed by atoms with van der Waals surface area (Å²) in [6.07, 6.45) is 4.37. The Balaban J connectivity index is 1.88. The van der Waals surface area contributed by atoms with Crippen LogP contribution in [0, 0.1) is 6.92 Å². The molecule has 0 bridgehead atoms. The molecule has 3 rings (SSSR count). The van der Waals surface area contributed by atoms with Crippen molar-refractivity contribution < 1.29 is 4.79 Å². The Labute approximate surface area is 133 Å². The van der Waals surface area contributed by atoms with Gasteiger partial charge in [0.2, 0.25) is 0 Å². The quantitative estimate of drug-likeness (QED) is 0.791. The lowest BCUT2D eigenvalue weighted by Crippen LogP contribution is -2.16. The monoisotopic (exact) mass is 322 g/mol. The number of nitrogens with zero attached hydrogens (tertiary/aromatic N) is 2. The second-order valence-corrected chi connectivity index (χ2v) is 6.21. The summed E-state index contributed by atoms with van der Waals surface area (Å²) in [5, 5.41) is 0.872. The number of hydrogen-bond acceptors (Lipinski definition) is 2. The first-order valence-electron chi connectivity index (χ1n) is 7.09. The van der Waals surface area contributed by atoms with Gasteiger partial charge in [0.15, 0.2) is 5.78 Å². The fourth-order valence-electron chi connectivity index (χ4n) is 2.85. The number of aryl methyl sites for hydroxylation is 2. The summed E-state index contributed by atoms with van der Waals surface area (Å²) >= 11 is 11.9. The minimum Gasteiger partial charge on any atom is -0.324 e. The summed E-state index contributed by atoms with van der Waals surface area (Å²) in [5.74, 6) is 0.942. The van der Waals surface area contributed by atoms with Crippen LogP contribution in [0.5, 0.6) is 0 Å². The van der Waals surface area contributed by atoms with Gasteiger partial charge in [0, 0.05) is 11.3 Å². The molecule has 1 aromatic heterocycles. The van der Waals surface area contributed by atoms with Gasteiger partial charge in [-0.15, -0.1) is 0 Å². The van der Waals surface area contributed by atoms with E-state index in [4.69, 9.17) is 23.2 Å². The molecule has 1 heterocycles. The normalized spacial score (nSPS) is 14.0. The Morgan fingerprint density at radius 1 is 1.24 bits per heavy atom. The second-order valence-electron chi connectivity index (χ2n) is 5.40. The zero-order chi connectivity index (χ0) is 15.0. The highest BCUT2D eigenvalue weighted by atomic mass is 35.5. The molecule has 0 atom stereocenters. The molecular formula is C16H16Cl2N2O. The summed E-state index contributed by atoms with van der Waals surface area (Å²) in [5.41, 5.74) is 2.95. The van der Waals surface area contributed by atoms with Gasteiger partial charge in [-0.1, -0.05) is 23.2 Å². The molecule has 1 aliphatic carbocycles. The largest absolute Gasteiger partial charge is 0.324 e. The molecule has 5 heteroatoms. The zero-order valence-electron chi connectivity index (χ0n) is 11.8. The van der Waals surface area contributed by atoms with Crippen LogP contribution in [0.25, 0.3) is 0 Å². The number of halogens is 2. The molecule has 0 amide bonds. The van der Waals surface area contributed by atoms with Crippen molar-refractivity contribution >= 4 is 29.0 Å². The predicted octanol–water partition coefficient (Wildman–Crippen LogP) is 4.26. The lowest BCUT2D eigenvalue weighted by Gasteiger charge is -2.14. The van der Waals surface area contributed by atoms with Crippen molar-refractivity contribution in [1.82, 2.24) is 9.55 Å². The number of rotatable bonds is 3. The summed E-state index contributed by atoms with van der Waals surface area (Å²) < 4.78 is 2.04. The molecule has 0 N–H and O–H groups in total. The fourth-order valence-corrected chi connectivity index (χ4v) is 3.15. The number of Topliss-reactive ketones (excluding diaryl/α,β-unsaturated/α-hetero) is 1. The van der Waals surface area contributed by atoms with E-state index in [1.54, 1.807) is 18.2 Å². The van der Waals surface area contributed by atoms with Gasteiger partial charge in [0.05, 0.1) is 22.3 Å². The van der Waals surface area contributed by atoms with Crippen molar-refractivity contribution in [1.29, 1.82) is 0 Å². The molecule has 0 aliphatic heterocycles. The summed E-state index contributed by atoms with van der Waals surface area (Å²) in [4.78, 5) is 17.1. The Hall–Kier alpha value is -1.32. The molecule has 0 saturated carbocycles. The molecule has 3 nitrogen and oxygen atoms in total. The third-order valence-corrected chi connectivity index (χ3v) is 4.71. The molecule has 0 radical (unpaired) electrons. The molecule has 0 spiro atoms. The van der Waals surface area contributed by atoms with Crippen LogP contribution >= 0.6 is 23.2 Å². The van der Waals surface area contributed by atoms with E-state index in [2.05, 4.69) is 4.98 Å². The lowest BCUT2D eigenvalue weighted by atomic mass is 10.0. The number of ketones is 1. The van der Waals surface area contributed by atoms with Gasteiger partial charge in [-0.2, -0.15) is 0 Å². The van der Waals surface area contributed by atoms with Gasteiger partial charge in [-0.05, 0) is 50.8 Å². The lowest BCUT2D eigenvalue weighted by molar-refractivity contribution is 0.0970. The smallest absolute Gasteiger partial charge is 0.182 e. The second kappa shape index (κ2) is 5.82.